The lowest BCUT2D eigenvalue weighted by atomic mass is 9.95. The van der Waals surface area contributed by atoms with Crippen LogP contribution in [0.3, 0.4) is 0 Å². The second-order valence-electron chi connectivity index (χ2n) is 7.45. The van der Waals surface area contributed by atoms with E-state index in [1.54, 1.807) is 0 Å². The van der Waals surface area contributed by atoms with E-state index in [-0.39, 0.29) is 0 Å². The van der Waals surface area contributed by atoms with E-state index in [2.05, 4.69) is 133 Å². The summed E-state index contributed by atoms with van der Waals surface area (Å²) in [5.41, 5.74) is 10.4. The van der Waals surface area contributed by atoms with E-state index in [4.69, 9.17) is 0 Å². The highest BCUT2D eigenvalue weighted by atomic mass is 28.3. The summed E-state index contributed by atoms with van der Waals surface area (Å²) < 4.78 is 0. The van der Waals surface area contributed by atoms with Crippen molar-refractivity contribution in [2.24, 2.45) is 0 Å². The lowest BCUT2D eigenvalue weighted by Crippen LogP contribution is -2.55. The van der Waals surface area contributed by atoms with Crippen LogP contribution < -0.4 is 10.4 Å². The number of allylic oxidation sites excluding steroid dienone is 2. The summed E-state index contributed by atoms with van der Waals surface area (Å²) in [6.07, 6.45) is 0. The first-order chi connectivity index (χ1) is 14.4. The van der Waals surface area contributed by atoms with E-state index in [9.17, 15) is 0 Å². The fraction of sp³-hybridized carbons (Fsp3) is 0. The predicted octanol–water partition coefficient (Wildman–Crippen LogP) is 5.51. The van der Waals surface area contributed by atoms with Crippen molar-refractivity contribution in [2.45, 2.75) is 0 Å². The van der Waals surface area contributed by atoms with Crippen LogP contribution in [0.4, 0.5) is 0 Å². The molecule has 0 aliphatic carbocycles. The lowest BCUT2D eigenvalue weighted by Gasteiger charge is -2.24. The molecule has 0 atom stereocenters. The van der Waals surface area contributed by atoms with Crippen molar-refractivity contribution in [3.8, 4) is 0 Å². The highest BCUT2D eigenvalue weighted by Crippen LogP contribution is 2.39. The van der Waals surface area contributed by atoms with Gasteiger partial charge in [-0.05, 0) is 32.6 Å². The van der Waals surface area contributed by atoms with E-state index in [1.165, 1.54) is 32.6 Å². The summed E-state index contributed by atoms with van der Waals surface area (Å²) >= 11 is 0. The maximum Gasteiger partial charge on any atom is 0.166 e. The smallest absolute Gasteiger partial charge is 0.0737 e. The summed E-state index contributed by atoms with van der Waals surface area (Å²) in [5.74, 6) is 0. The molecule has 1 aliphatic heterocycles. The van der Waals surface area contributed by atoms with Gasteiger partial charge in [-0.15, -0.1) is 0 Å². The molecule has 0 saturated heterocycles. The summed E-state index contributed by atoms with van der Waals surface area (Å²) in [7, 11) is -2.20. The van der Waals surface area contributed by atoms with Gasteiger partial charge in [0, 0.05) is 0 Å². The zero-order chi connectivity index (χ0) is 19.5. The molecule has 0 spiro atoms. The van der Waals surface area contributed by atoms with Crippen LogP contribution in [0.2, 0.25) is 0 Å². The quantitative estimate of drug-likeness (QED) is 0.406. The maximum absolute atomic E-state index is 2.58. The lowest BCUT2D eigenvalue weighted by molar-refractivity contribution is 1.60. The Morgan fingerprint density at radius 3 is 1.00 bits per heavy atom. The molecule has 0 amide bonds. The number of hydrogen-bond donors (Lipinski definition) is 0. The Labute approximate surface area is 173 Å². The average molecular weight is 387 g/mol. The fourth-order valence-electron chi connectivity index (χ4n) is 4.29. The topological polar surface area (TPSA) is 0 Å². The van der Waals surface area contributed by atoms with Crippen LogP contribution in [-0.2, 0) is 0 Å². The van der Waals surface area contributed by atoms with Gasteiger partial charge in [-0.25, -0.2) is 0 Å². The Bertz CT molecular complexity index is 1060. The minimum absolute atomic E-state index is 1.28. The van der Waals surface area contributed by atoms with E-state index >= 15 is 0 Å². The molecule has 0 nitrogen and oxygen atoms in total. The van der Waals surface area contributed by atoms with E-state index in [0.29, 0.717) is 0 Å². The third kappa shape index (κ3) is 3.20. The van der Waals surface area contributed by atoms with Crippen molar-refractivity contribution >= 4 is 29.6 Å². The fourth-order valence-corrected chi connectivity index (χ4v) is 8.42. The number of hydrogen-bond acceptors (Lipinski definition) is 0. The zero-order valence-corrected chi connectivity index (χ0v) is 17.2. The second kappa shape index (κ2) is 7.54. The summed E-state index contributed by atoms with van der Waals surface area (Å²) in [4.78, 5) is 0. The molecule has 29 heavy (non-hydrogen) atoms. The molecule has 1 aliphatic rings. The molecular weight excluding hydrogens is 364 g/mol. The van der Waals surface area contributed by atoms with Gasteiger partial charge in [-0.2, -0.15) is 0 Å². The van der Waals surface area contributed by atoms with Crippen molar-refractivity contribution in [1.82, 2.24) is 0 Å². The van der Waals surface area contributed by atoms with Crippen LogP contribution in [0.1, 0.15) is 11.1 Å². The first-order valence-electron chi connectivity index (χ1n) is 10.0. The third-order valence-corrected chi connectivity index (χ3v) is 9.77. The minimum atomic E-state index is -2.20. The molecule has 138 valence electrons. The third-order valence-electron chi connectivity index (χ3n) is 5.71. The van der Waals surface area contributed by atoms with Gasteiger partial charge in [-0.1, -0.05) is 133 Å². The molecule has 4 aromatic rings. The predicted molar refractivity (Wildman–Crippen MR) is 127 cm³/mol. The minimum Gasteiger partial charge on any atom is -0.0737 e. The van der Waals surface area contributed by atoms with Crippen molar-refractivity contribution in [2.75, 3.05) is 0 Å². The molecule has 0 bridgehead atoms. The van der Waals surface area contributed by atoms with Crippen molar-refractivity contribution in [1.29, 1.82) is 0 Å². The zero-order valence-electron chi connectivity index (χ0n) is 16.2. The molecule has 1 heterocycles. The molecule has 4 aromatic carbocycles. The van der Waals surface area contributed by atoms with Crippen molar-refractivity contribution < 1.29 is 0 Å². The molecule has 0 N–H and O–H groups in total. The van der Waals surface area contributed by atoms with Crippen LogP contribution in [0.5, 0.6) is 0 Å². The standard InChI is InChI=1S/C28H22Si/c1-5-13-23(14-6-1)27-21-29(25-17-9-3-10-18-25,26-19-11-4-12-20-26)22-28(27)24-15-7-2-8-16-24/h1-22H. The highest BCUT2D eigenvalue weighted by molar-refractivity contribution is 7.11. The molecule has 0 unspecified atom stereocenters. The number of rotatable bonds is 4. The molecule has 5 rings (SSSR count). The van der Waals surface area contributed by atoms with Crippen molar-refractivity contribution in [3.63, 3.8) is 0 Å². The maximum atomic E-state index is 2.58. The van der Waals surface area contributed by atoms with Gasteiger partial charge in [0.25, 0.3) is 0 Å². The van der Waals surface area contributed by atoms with Gasteiger partial charge in [-0.3, -0.25) is 0 Å². The van der Waals surface area contributed by atoms with E-state index < -0.39 is 8.07 Å². The van der Waals surface area contributed by atoms with Crippen LogP contribution >= 0.6 is 0 Å². The highest BCUT2D eigenvalue weighted by Gasteiger charge is 2.39. The van der Waals surface area contributed by atoms with Crippen LogP contribution in [0.25, 0.3) is 11.1 Å². The summed E-state index contributed by atoms with van der Waals surface area (Å²) in [6.45, 7) is 0. The van der Waals surface area contributed by atoms with Gasteiger partial charge >= 0.3 is 0 Å². The van der Waals surface area contributed by atoms with Crippen LogP contribution in [-0.4, -0.2) is 8.07 Å². The molecular formula is C28H22Si. The largest absolute Gasteiger partial charge is 0.166 e. The van der Waals surface area contributed by atoms with Gasteiger partial charge in [0.1, 0.15) is 0 Å². The molecule has 0 aromatic heterocycles. The summed E-state index contributed by atoms with van der Waals surface area (Å²) in [5, 5.41) is 2.84. The van der Waals surface area contributed by atoms with Gasteiger partial charge in [0.2, 0.25) is 0 Å². The molecule has 0 fully saturated rings. The summed E-state index contributed by atoms with van der Waals surface area (Å²) in [6, 6.07) is 43.6. The van der Waals surface area contributed by atoms with E-state index in [1.807, 2.05) is 0 Å². The van der Waals surface area contributed by atoms with E-state index in [0.717, 1.165) is 0 Å². The van der Waals surface area contributed by atoms with Gasteiger partial charge in [0.05, 0.1) is 0 Å². The van der Waals surface area contributed by atoms with Gasteiger partial charge < -0.3 is 0 Å². The normalized spacial score (nSPS) is 14.9. The Balaban J connectivity index is 1.81. The molecule has 1 heteroatoms. The Kier molecular flexibility index (Phi) is 4.59. The molecule has 0 saturated carbocycles. The Morgan fingerprint density at radius 1 is 0.345 bits per heavy atom. The SMILES string of the molecule is C1=C(c2ccccc2)C(c2ccccc2)=C[Si]1(c1ccccc1)c1ccccc1. The Morgan fingerprint density at radius 2 is 0.655 bits per heavy atom. The second-order valence-corrected chi connectivity index (χ2v) is 10.9. The van der Waals surface area contributed by atoms with Gasteiger partial charge in [0.15, 0.2) is 8.07 Å². The Hall–Kier alpha value is -3.42. The first-order valence-corrected chi connectivity index (χ1v) is 12.2. The molecule has 0 radical (unpaired) electrons. The number of benzene rings is 4. The average Bonchev–Trinajstić information content (AvgIpc) is 3.24. The first kappa shape index (κ1) is 17.7. The van der Waals surface area contributed by atoms with Crippen molar-refractivity contribution in [3.05, 3.63) is 144 Å². The van der Waals surface area contributed by atoms with Crippen LogP contribution in [0, 0.1) is 0 Å². The van der Waals surface area contributed by atoms with Crippen LogP contribution in [0.15, 0.2) is 133 Å². The monoisotopic (exact) mass is 386 g/mol.